The van der Waals surface area contributed by atoms with E-state index in [1.807, 2.05) is 0 Å². The van der Waals surface area contributed by atoms with Crippen molar-refractivity contribution in [3.63, 3.8) is 0 Å². The van der Waals surface area contributed by atoms with Gasteiger partial charge in [0.25, 0.3) is 0 Å². The monoisotopic (exact) mass is 338 g/mol. The highest BCUT2D eigenvalue weighted by Crippen LogP contribution is 2.43. The topological polar surface area (TPSA) is 163 Å². The first-order chi connectivity index (χ1) is 11.2. The molecule has 3 N–H and O–H groups in total. The highest BCUT2D eigenvalue weighted by atomic mass is 16.4. The lowest BCUT2D eigenvalue weighted by molar-refractivity contribution is -0.134. The fraction of sp³-hybridized carbons (Fsp3) is 0.200. The minimum absolute atomic E-state index is 0.0406. The maximum atomic E-state index is 11.5. The lowest BCUT2D eigenvalue weighted by Gasteiger charge is -2.36. The van der Waals surface area contributed by atoms with Crippen LogP contribution in [0.2, 0.25) is 0 Å². The molecule has 24 heavy (non-hydrogen) atoms. The van der Waals surface area contributed by atoms with Gasteiger partial charge in [0.1, 0.15) is 24.3 Å². The Kier molecular flexibility index (Phi) is 7.68. The molecule has 0 bridgehead atoms. The van der Waals surface area contributed by atoms with Gasteiger partial charge >= 0.3 is 17.9 Å². The molecule has 0 atom stereocenters. The lowest BCUT2D eigenvalue weighted by atomic mass is 9.62. The van der Waals surface area contributed by atoms with Crippen molar-refractivity contribution in [2.45, 2.75) is 6.42 Å². The molecule has 0 heterocycles. The molecule has 0 unspecified atom stereocenters. The van der Waals surface area contributed by atoms with Gasteiger partial charge in [0, 0.05) is 30.1 Å². The smallest absolute Gasteiger partial charge is 0.328 e. The van der Waals surface area contributed by atoms with Crippen LogP contribution in [0.1, 0.15) is 6.42 Å². The van der Waals surface area contributed by atoms with Crippen LogP contribution in [-0.2, 0) is 28.8 Å². The van der Waals surface area contributed by atoms with E-state index in [0.717, 1.165) is 18.2 Å². The molecule has 9 heteroatoms. The molecular weight excluding hydrogens is 324 g/mol. The fourth-order valence-electron chi connectivity index (χ4n) is 1.90. The summed E-state index contributed by atoms with van der Waals surface area (Å²) in [6, 6.07) is 0. The number of rotatable bonds is 11. The van der Waals surface area contributed by atoms with Crippen LogP contribution < -0.4 is 0 Å². The molecule has 0 amide bonds. The largest absolute Gasteiger partial charge is 0.478 e. The first-order valence-corrected chi connectivity index (χ1v) is 6.31. The standard InChI is InChI=1S/C15H14O9/c16-8-7-15(9-17,10-18)14(4-1-11(19)20,5-2-12(21)22)6-3-13(23)24/h1-6,8-10H,7H2,(H,19,20)(H,21,22)(H,23,24). The van der Waals surface area contributed by atoms with E-state index in [-0.39, 0.29) is 18.9 Å². The number of carbonyl (C=O) groups is 6. The minimum Gasteiger partial charge on any atom is -0.478 e. The average molecular weight is 338 g/mol. The van der Waals surface area contributed by atoms with E-state index < -0.39 is 35.2 Å². The van der Waals surface area contributed by atoms with Crippen molar-refractivity contribution in [3.05, 3.63) is 36.5 Å². The number of carboxylic acids is 3. The summed E-state index contributed by atoms with van der Waals surface area (Å²) in [6.45, 7) is 0. The molecule has 0 spiro atoms. The van der Waals surface area contributed by atoms with E-state index in [2.05, 4.69) is 0 Å². The van der Waals surface area contributed by atoms with Gasteiger partial charge in [0.2, 0.25) is 0 Å². The van der Waals surface area contributed by atoms with Crippen LogP contribution in [0.3, 0.4) is 0 Å². The van der Waals surface area contributed by atoms with Crippen molar-refractivity contribution in [2.75, 3.05) is 0 Å². The SMILES string of the molecule is O=CCC(C=O)(C=O)C(C=CC(=O)O)(C=CC(=O)O)C=CC(=O)O. The Morgan fingerprint density at radius 2 is 1.04 bits per heavy atom. The van der Waals surface area contributed by atoms with Crippen LogP contribution in [0, 0.1) is 10.8 Å². The lowest BCUT2D eigenvalue weighted by Crippen LogP contribution is -2.42. The molecule has 0 saturated carbocycles. The van der Waals surface area contributed by atoms with E-state index in [1.165, 1.54) is 0 Å². The number of aliphatic carboxylic acids is 3. The molecule has 9 nitrogen and oxygen atoms in total. The summed E-state index contributed by atoms with van der Waals surface area (Å²) in [6.07, 6.45) is 3.37. The third kappa shape index (κ3) is 5.13. The highest BCUT2D eigenvalue weighted by molar-refractivity contribution is 5.92. The zero-order valence-electron chi connectivity index (χ0n) is 12.2. The summed E-state index contributed by atoms with van der Waals surface area (Å²) in [5, 5.41) is 26.3. The first-order valence-electron chi connectivity index (χ1n) is 6.31. The minimum atomic E-state index is -2.22. The molecule has 0 aliphatic heterocycles. The number of carboxylic acid groups (broad SMARTS) is 3. The van der Waals surface area contributed by atoms with Gasteiger partial charge < -0.3 is 29.7 Å². The molecule has 0 saturated heterocycles. The third-order valence-electron chi connectivity index (χ3n) is 3.15. The molecular formula is C15H14O9. The van der Waals surface area contributed by atoms with Crippen molar-refractivity contribution in [3.8, 4) is 0 Å². The number of allylic oxidation sites excluding steroid dienone is 3. The Labute approximate surface area is 135 Å². The van der Waals surface area contributed by atoms with Gasteiger partial charge in [-0.3, -0.25) is 0 Å². The van der Waals surface area contributed by atoms with Crippen LogP contribution in [0.15, 0.2) is 36.5 Å². The van der Waals surface area contributed by atoms with Crippen molar-refractivity contribution in [1.82, 2.24) is 0 Å². The van der Waals surface area contributed by atoms with Gasteiger partial charge in [-0.15, -0.1) is 0 Å². The Hall–Kier alpha value is -3.36. The quantitative estimate of drug-likeness (QED) is 0.264. The van der Waals surface area contributed by atoms with Crippen molar-refractivity contribution in [2.24, 2.45) is 10.8 Å². The maximum Gasteiger partial charge on any atom is 0.328 e. The van der Waals surface area contributed by atoms with E-state index in [9.17, 15) is 28.8 Å². The summed E-state index contributed by atoms with van der Waals surface area (Å²) in [5.74, 6) is -4.49. The predicted molar refractivity (Wildman–Crippen MR) is 78.0 cm³/mol. The molecule has 0 aliphatic carbocycles. The Balaban J connectivity index is 6.73. The molecule has 0 rings (SSSR count). The zero-order valence-corrected chi connectivity index (χ0v) is 12.2. The highest BCUT2D eigenvalue weighted by Gasteiger charge is 2.47. The van der Waals surface area contributed by atoms with Gasteiger partial charge in [-0.05, 0) is 0 Å². The van der Waals surface area contributed by atoms with Crippen LogP contribution in [0.4, 0.5) is 0 Å². The molecule has 128 valence electrons. The Bertz CT molecular complexity index is 557. The second kappa shape index (κ2) is 8.93. The second-order valence-electron chi connectivity index (χ2n) is 4.59. The van der Waals surface area contributed by atoms with Gasteiger partial charge in [0.05, 0.1) is 0 Å². The van der Waals surface area contributed by atoms with E-state index in [4.69, 9.17) is 15.3 Å². The normalized spacial score (nSPS) is 14.5. The average Bonchev–Trinajstić information content (AvgIpc) is 2.52. The number of hydrogen-bond acceptors (Lipinski definition) is 6. The number of carbonyl (C=O) groups excluding carboxylic acids is 3. The van der Waals surface area contributed by atoms with Gasteiger partial charge in [0.15, 0.2) is 0 Å². The molecule has 0 aromatic heterocycles. The van der Waals surface area contributed by atoms with Crippen molar-refractivity contribution < 1.29 is 44.1 Å². The Morgan fingerprint density at radius 3 is 1.25 bits per heavy atom. The summed E-state index contributed by atoms with van der Waals surface area (Å²) in [7, 11) is 0. The summed E-state index contributed by atoms with van der Waals surface area (Å²) < 4.78 is 0. The summed E-state index contributed by atoms with van der Waals surface area (Å²) in [4.78, 5) is 66.2. The molecule has 0 fully saturated rings. The van der Waals surface area contributed by atoms with Gasteiger partial charge in [-0.2, -0.15) is 0 Å². The molecule has 0 aromatic rings. The van der Waals surface area contributed by atoms with E-state index in [1.54, 1.807) is 0 Å². The summed E-state index contributed by atoms with van der Waals surface area (Å²) in [5.41, 5.74) is -4.31. The second-order valence-corrected chi connectivity index (χ2v) is 4.59. The molecule has 0 aliphatic rings. The third-order valence-corrected chi connectivity index (χ3v) is 3.15. The number of hydrogen-bond donors (Lipinski definition) is 3. The van der Waals surface area contributed by atoms with Crippen LogP contribution in [-0.4, -0.2) is 52.1 Å². The van der Waals surface area contributed by atoms with Crippen molar-refractivity contribution in [1.29, 1.82) is 0 Å². The number of aldehydes is 3. The maximum absolute atomic E-state index is 11.5. The molecule has 0 aromatic carbocycles. The van der Waals surface area contributed by atoms with Gasteiger partial charge in [-0.25, -0.2) is 14.4 Å². The first kappa shape index (κ1) is 20.6. The van der Waals surface area contributed by atoms with Gasteiger partial charge in [-0.1, -0.05) is 18.2 Å². The van der Waals surface area contributed by atoms with Crippen LogP contribution in [0.25, 0.3) is 0 Å². The zero-order chi connectivity index (χ0) is 18.8. The van der Waals surface area contributed by atoms with E-state index >= 15 is 0 Å². The fourth-order valence-corrected chi connectivity index (χ4v) is 1.90. The van der Waals surface area contributed by atoms with E-state index in [0.29, 0.717) is 18.2 Å². The van der Waals surface area contributed by atoms with Crippen LogP contribution in [0.5, 0.6) is 0 Å². The van der Waals surface area contributed by atoms with Crippen LogP contribution >= 0.6 is 0 Å². The summed E-state index contributed by atoms with van der Waals surface area (Å²) >= 11 is 0. The Morgan fingerprint density at radius 1 is 0.708 bits per heavy atom. The van der Waals surface area contributed by atoms with Crippen molar-refractivity contribution >= 4 is 36.8 Å². The predicted octanol–water partition coefficient (Wildman–Crippen LogP) is -0.132. The molecule has 0 radical (unpaired) electrons.